The summed E-state index contributed by atoms with van der Waals surface area (Å²) in [7, 11) is 0. The topological polar surface area (TPSA) is 37.8 Å². The first-order valence-electron chi connectivity index (χ1n) is 7.02. The van der Waals surface area contributed by atoms with Gasteiger partial charge in [0.15, 0.2) is 0 Å². The van der Waals surface area contributed by atoms with Gasteiger partial charge < -0.3 is 5.32 Å². The molecule has 1 aliphatic heterocycles. The zero-order valence-electron chi connectivity index (χ0n) is 12.0. The average Bonchev–Trinajstić information content (AvgIpc) is 2.45. The molecule has 1 aromatic rings. The van der Waals surface area contributed by atoms with Crippen molar-refractivity contribution in [3.8, 4) is 0 Å². The molecule has 1 aliphatic rings. The van der Waals surface area contributed by atoms with Gasteiger partial charge in [0.05, 0.1) is 5.25 Å². The summed E-state index contributed by atoms with van der Waals surface area (Å²) in [4.78, 5) is 9.50. The van der Waals surface area contributed by atoms with E-state index in [0.717, 1.165) is 36.1 Å². The van der Waals surface area contributed by atoms with Crippen LogP contribution >= 0.6 is 23.5 Å². The minimum Gasteiger partial charge on any atom is -0.370 e. The summed E-state index contributed by atoms with van der Waals surface area (Å²) in [6.45, 7) is 7.53. The van der Waals surface area contributed by atoms with Crippen molar-refractivity contribution in [3.05, 3.63) is 17.6 Å². The maximum absolute atomic E-state index is 4.78. The van der Waals surface area contributed by atoms with E-state index in [2.05, 4.69) is 32.2 Å². The number of nitrogens with zero attached hydrogens (tertiary/aromatic N) is 2. The molecule has 1 N–H and O–H groups in total. The maximum atomic E-state index is 4.78. The van der Waals surface area contributed by atoms with E-state index < -0.39 is 0 Å². The van der Waals surface area contributed by atoms with Crippen LogP contribution in [0, 0.1) is 0 Å². The molecule has 1 aromatic heterocycles. The lowest BCUT2D eigenvalue weighted by molar-refractivity contribution is 0.783. The zero-order valence-corrected chi connectivity index (χ0v) is 13.6. The summed E-state index contributed by atoms with van der Waals surface area (Å²) < 4.78 is 0. The molecule has 19 heavy (non-hydrogen) atoms. The molecular formula is C14H23N3S2. The highest BCUT2D eigenvalue weighted by molar-refractivity contribution is 8.06. The van der Waals surface area contributed by atoms with Crippen molar-refractivity contribution in [2.45, 2.75) is 38.4 Å². The third kappa shape index (κ3) is 4.28. The third-order valence-corrected chi connectivity index (χ3v) is 5.77. The molecule has 0 amide bonds. The summed E-state index contributed by atoms with van der Waals surface area (Å²) in [5, 5.41) is 3.86. The van der Waals surface area contributed by atoms with Gasteiger partial charge in [-0.25, -0.2) is 9.97 Å². The molecule has 0 bridgehead atoms. The van der Waals surface area contributed by atoms with Gasteiger partial charge in [-0.3, -0.25) is 0 Å². The minimum absolute atomic E-state index is 0.449. The number of aromatic nitrogens is 2. The summed E-state index contributed by atoms with van der Waals surface area (Å²) in [6.07, 6.45) is 1.12. The zero-order chi connectivity index (χ0) is 13.7. The Balaban J connectivity index is 2.22. The number of rotatable bonds is 5. The Kier molecular flexibility index (Phi) is 5.82. The van der Waals surface area contributed by atoms with E-state index in [9.17, 15) is 0 Å². The lowest BCUT2D eigenvalue weighted by Crippen LogP contribution is -2.14. The Bertz CT molecular complexity index is 404. The van der Waals surface area contributed by atoms with Crippen molar-refractivity contribution in [2.75, 3.05) is 29.1 Å². The summed E-state index contributed by atoms with van der Waals surface area (Å²) in [6, 6.07) is 2.10. The number of hydrogen-bond donors (Lipinski definition) is 1. The molecule has 0 aliphatic carbocycles. The van der Waals surface area contributed by atoms with Crippen LogP contribution in [0.2, 0.25) is 0 Å². The number of anilines is 1. The lowest BCUT2D eigenvalue weighted by Gasteiger charge is -2.21. The number of hydrogen-bond acceptors (Lipinski definition) is 5. The Labute approximate surface area is 124 Å². The second kappa shape index (κ2) is 7.39. The lowest BCUT2D eigenvalue weighted by atomic mass is 10.1. The molecule has 1 saturated heterocycles. The largest absolute Gasteiger partial charge is 0.370 e. The van der Waals surface area contributed by atoms with Crippen LogP contribution in [0.25, 0.3) is 0 Å². The number of thioether (sulfide) groups is 2. The van der Waals surface area contributed by atoms with Crippen LogP contribution in [0.4, 0.5) is 5.82 Å². The molecule has 1 fully saturated rings. The van der Waals surface area contributed by atoms with E-state index in [1.807, 2.05) is 23.5 Å². The fourth-order valence-electron chi connectivity index (χ4n) is 1.91. The normalized spacial score (nSPS) is 19.7. The van der Waals surface area contributed by atoms with Crippen LogP contribution in [-0.2, 0) is 0 Å². The maximum Gasteiger partial charge on any atom is 0.144 e. The molecule has 1 unspecified atom stereocenters. The van der Waals surface area contributed by atoms with Crippen LogP contribution in [0.15, 0.2) is 6.07 Å². The first kappa shape index (κ1) is 15.0. The second-order valence-corrected chi connectivity index (χ2v) is 7.51. The van der Waals surface area contributed by atoms with Crippen molar-refractivity contribution in [1.82, 2.24) is 9.97 Å². The highest BCUT2D eigenvalue weighted by atomic mass is 32.2. The van der Waals surface area contributed by atoms with Crippen LogP contribution in [0.1, 0.15) is 49.9 Å². The fraction of sp³-hybridized carbons (Fsp3) is 0.714. The highest BCUT2D eigenvalue weighted by Crippen LogP contribution is 2.35. The molecular weight excluding hydrogens is 274 g/mol. The summed E-state index contributed by atoms with van der Waals surface area (Å²) >= 11 is 4.01. The van der Waals surface area contributed by atoms with Gasteiger partial charge in [0.25, 0.3) is 0 Å². The minimum atomic E-state index is 0.449. The first-order valence-corrected chi connectivity index (χ1v) is 9.23. The van der Waals surface area contributed by atoms with Crippen LogP contribution < -0.4 is 5.32 Å². The summed E-state index contributed by atoms with van der Waals surface area (Å²) in [5.41, 5.74) is 1.15. The molecule has 106 valence electrons. The fourth-order valence-corrected chi connectivity index (χ4v) is 4.50. The van der Waals surface area contributed by atoms with Crippen molar-refractivity contribution < 1.29 is 0 Å². The molecule has 2 rings (SSSR count). The quantitative estimate of drug-likeness (QED) is 0.891. The van der Waals surface area contributed by atoms with Crippen LogP contribution in [0.3, 0.4) is 0 Å². The predicted molar refractivity (Wildman–Crippen MR) is 87.4 cm³/mol. The van der Waals surface area contributed by atoms with Gasteiger partial charge in [0, 0.05) is 35.6 Å². The smallest absolute Gasteiger partial charge is 0.144 e. The molecule has 2 heterocycles. The van der Waals surface area contributed by atoms with Crippen LogP contribution in [0.5, 0.6) is 0 Å². The monoisotopic (exact) mass is 297 g/mol. The third-order valence-electron chi connectivity index (χ3n) is 3.01. The van der Waals surface area contributed by atoms with E-state index in [4.69, 9.17) is 9.97 Å². The molecule has 0 radical (unpaired) electrons. The van der Waals surface area contributed by atoms with Gasteiger partial charge in [-0.1, -0.05) is 20.8 Å². The Morgan fingerprint density at radius 1 is 1.37 bits per heavy atom. The summed E-state index contributed by atoms with van der Waals surface area (Å²) in [5.74, 6) is 6.06. The van der Waals surface area contributed by atoms with Gasteiger partial charge in [-0.2, -0.15) is 11.8 Å². The standard InChI is InChI=1S/C14H23N3S2/c1-4-5-15-13-8-11(10(2)3)16-14(17-13)12-9-18-6-7-19-12/h8,10,12H,4-7,9H2,1-3H3,(H,15,16,17). The predicted octanol–water partition coefficient (Wildman–Crippen LogP) is 3.94. The van der Waals surface area contributed by atoms with Crippen molar-refractivity contribution in [1.29, 1.82) is 0 Å². The Morgan fingerprint density at radius 2 is 2.21 bits per heavy atom. The van der Waals surface area contributed by atoms with E-state index in [-0.39, 0.29) is 0 Å². The van der Waals surface area contributed by atoms with Crippen molar-refractivity contribution in [3.63, 3.8) is 0 Å². The Hall–Kier alpha value is -0.420. The van der Waals surface area contributed by atoms with E-state index in [0.29, 0.717) is 11.2 Å². The highest BCUT2D eigenvalue weighted by Gasteiger charge is 2.20. The molecule has 1 atom stereocenters. The molecule has 3 nitrogen and oxygen atoms in total. The molecule has 0 saturated carbocycles. The van der Waals surface area contributed by atoms with E-state index in [1.54, 1.807) is 0 Å². The van der Waals surface area contributed by atoms with Crippen molar-refractivity contribution >= 4 is 29.3 Å². The van der Waals surface area contributed by atoms with E-state index in [1.165, 1.54) is 11.5 Å². The first-order chi connectivity index (χ1) is 9.20. The second-order valence-electron chi connectivity index (χ2n) is 5.05. The molecule has 0 aromatic carbocycles. The SMILES string of the molecule is CCCNc1cc(C(C)C)nc(C2CSCCS2)n1. The van der Waals surface area contributed by atoms with Gasteiger partial charge in [0.2, 0.25) is 0 Å². The Morgan fingerprint density at radius 3 is 2.84 bits per heavy atom. The number of nitrogens with one attached hydrogen (secondary N) is 1. The molecule has 5 heteroatoms. The molecule has 0 spiro atoms. The van der Waals surface area contributed by atoms with E-state index >= 15 is 0 Å². The van der Waals surface area contributed by atoms with Crippen molar-refractivity contribution in [2.24, 2.45) is 0 Å². The van der Waals surface area contributed by atoms with Gasteiger partial charge in [-0.15, -0.1) is 11.8 Å². The van der Waals surface area contributed by atoms with Gasteiger partial charge in [0.1, 0.15) is 11.6 Å². The van der Waals surface area contributed by atoms with Crippen LogP contribution in [-0.4, -0.2) is 33.8 Å². The van der Waals surface area contributed by atoms with Gasteiger partial charge >= 0.3 is 0 Å². The van der Waals surface area contributed by atoms with Gasteiger partial charge in [-0.05, 0) is 12.3 Å². The average molecular weight is 297 g/mol.